The maximum Gasteiger partial charge on any atom is 0.241 e. The highest BCUT2D eigenvalue weighted by Gasteiger charge is 2.10. The molecule has 88 valence electrons. The molecule has 1 amide bonds. The van der Waals surface area contributed by atoms with Crippen molar-refractivity contribution < 1.29 is 4.79 Å². The average molecular weight is 222 g/mol. The van der Waals surface area contributed by atoms with E-state index in [4.69, 9.17) is 5.73 Å². The van der Waals surface area contributed by atoms with Crippen LogP contribution in [0.2, 0.25) is 0 Å². The largest absolute Gasteiger partial charge is 0.397 e. The third-order valence-electron chi connectivity index (χ3n) is 2.37. The summed E-state index contributed by atoms with van der Waals surface area (Å²) in [5.74, 6) is 0.792. The number of nitrogens with two attached hydrogens (primary N) is 1. The summed E-state index contributed by atoms with van der Waals surface area (Å²) in [6.45, 7) is 2.16. The van der Waals surface area contributed by atoms with E-state index in [-0.39, 0.29) is 5.91 Å². The quantitative estimate of drug-likeness (QED) is 0.808. The maximum atomic E-state index is 11.5. The van der Waals surface area contributed by atoms with Gasteiger partial charge in [0.1, 0.15) is 5.82 Å². The lowest BCUT2D eigenvalue weighted by molar-refractivity contribution is -0.127. The van der Waals surface area contributed by atoms with Crippen LogP contribution in [-0.4, -0.2) is 43.5 Å². The molecule has 5 nitrogen and oxygen atoms in total. The number of amides is 1. The number of rotatable bonds is 3. The van der Waals surface area contributed by atoms with Gasteiger partial charge in [-0.1, -0.05) is 0 Å². The predicted octanol–water partition coefficient (Wildman–Crippen LogP) is 0.497. The van der Waals surface area contributed by atoms with E-state index in [1.807, 2.05) is 20.0 Å². The van der Waals surface area contributed by atoms with E-state index in [0.717, 1.165) is 11.5 Å². The molecule has 0 aliphatic rings. The minimum atomic E-state index is 0.0405. The molecule has 0 aromatic carbocycles. The first kappa shape index (κ1) is 12.3. The second-order valence-corrected chi connectivity index (χ2v) is 3.99. The molecule has 1 heterocycles. The molecular formula is C11H18N4O. The number of hydrogen-bond acceptors (Lipinski definition) is 4. The Balaban J connectivity index is 2.77. The lowest BCUT2D eigenvalue weighted by atomic mass is 10.3. The van der Waals surface area contributed by atoms with E-state index in [0.29, 0.717) is 12.2 Å². The number of nitrogen functional groups attached to an aromatic ring is 1. The molecule has 0 aliphatic heterocycles. The molecule has 5 heteroatoms. The summed E-state index contributed by atoms with van der Waals surface area (Å²) in [6, 6.07) is 3.61. The number of carbonyl (C=O) groups excluding carboxylic acids is 1. The van der Waals surface area contributed by atoms with Crippen LogP contribution in [-0.2, 0) is 4.79 Å². The van der Waals surface area contributed by atoms with Gasteiger partial charge in [-0.2, -0.15) is 0 Å². The van der Waals surface area contributed by atoms with Crippen LogP contribution in [0, 0.1) is 6.92 Å². The maximum absolute atomic E-state index is 11.5. The van der Waals surface area contributed by atoms with Gasteiger partial charge in [0.05, 0.1) is 17.9 Å². The summed E-state index contributed by atoms with van der Waals surface area (Å²) in [6.07, 6.45) is 0. The Labute approximate surface area is 95.9 Å². The van der Waals surface area contributed by atoms with Crippen LogP contribution in [0.5, 0.6) is 0 Å². The summed E-state index contributed by atoms with van der Waals surface area (Å²) in [5.41, 5.74) is 7.12. The van der Waals surface area contributed by atoms with Gasteiger partial charge in [-0.3, -0.25) is 4.79 Å². The third-order valence-corrected chi connectivity index (χ3v) is 2.37. The fourth-order valence-corrected chi connectivity index (χ4v) is 1.20. The molecule has 1 aromatic heterocycles. The van der Waals surface area contributed by atoms with Crippen LogP contribution in [0.25, 0.3) is 0 Å². The van der Waals surface area contributed by atoms with E-state index in [1.54, 1.807) is 30.0 Å². The molecule has 0 spiro atoms. The summed E-state index contributed by atoms with van der Waals surface area (Å²) >= 11 is 0. The normalized spacial score (nSPS) is 10.0. The van der Waals surface area contributed by atoms with Crippen LogP contribution in [0.3, 0.4) is 0 Å². The van der Waals surface area contributed by atoms with E-state index >= 15 is 0 Å². The zero-order chi connectivity index (χ0) is 12.3. The molecule has 0 radical (unpaired) electrons. The van der Waals surface area contributed by atoms with Gasteiger partial charge in [-0.05, 0) is 19.1 Å². The fourth-order valence-electron chi connectivity index (χ4n) is 1.20. The first-order valence-corrected chi connectivity index (χ1v) is 5.06. The molecular weight excluding hydrogens is 204 g/mol. The highest BCUT2D eigenvalue weighted by Crippen LogP contribution is 2.14. The molecule has 2 N–H and O–H groups in total. The number of aromatic nitrogens is 1. The SMILES string of the molecule is Cc1nc(N(C)CC(=O)N(C)C)ccc1N. The van der Waals surface area contributed by atoms with Crippen LogP contribution >= 0.6 is 0 Å². The van der Waals surface area contributed by atoms with E-state index < -0.39 is 0 Å². The van der Waals surface area contributed by atoms with Gasteiger partial charge in [-0.15, -0.1) is 0 Å². The summed E-state index contributed by atoms with van der Waals surface area (Å²) < 4.78 is 0. The molecule has 0 atom stereocenters. The van der Waals surface area contributed by atoms with Gasteiger partial charge in [0, 0.05) is 21.1 Å². The topological polar surface area (TPSA) is 62.5 Å². The summed E-state index contributed by atoms with van der Waals surface area (Å²) in [7, 11) is 5.30. The fraction of sp³-hybridized carbons (Fsp3) is 0.455. The number of anilines is 2. The molecule has 16 heavy (non-hydrogen) atoms. The number of aryl methyl sites for hydroxylation is 1. The van der Waals surface area contributed by atoms with Crippen molar-refractivity contribution in [1.29, 1.82) is 0 Å². The molecule has 0 saturated heterocycles. The van der Waals surface area contributed by atoms with Crippen molar-refractivity contribution in [3.63, 3.8) is 0 Å². The van der Waals surface area contributed by atoms with Gasteiger partial charge in [0.15, 0.2) is 0 Å². The molecule has 0 aliphatic carbocycles. The molecule has 0 unspecified atom stereocenters. The van der Waals surface area contributed by atoms with Crippen molar-refractivity contribution in [2.24, 2.45) is 0 Å². The Hall–Kier alpha value is -1.78. The Bertz CT molecular complexity index is 390. The smallest absolute Gasteiger partial charge is 0.241 e. The average Bonchev–Trinajstić information content (AvgIpc) is 2.21. The number of carbonyl (C=O) groups is 1. The first-order valence-electron chi connectivity index (χ1n) is 5.06. The minimum Gasteiger partial charge on any atom is -0.397 e. The van der Waals surface area contributed by atoms with Gasteiger partial charge < -0.3 is 15.5 Å². The Morgan fingerprint density at radius 2 is 2.00 bits per heavy atom. The highest BCUT2D eigenvalue weighted by atomic mass is 16.2. The number of hydrogen-bond donors (Lipinski definition) is 1. The van der Waals surface area contributed by atoms with Crippen LogP contribution in [0.4, 0.5) is 11.5 Å². The summed E-state index contributed by atoms with van der Waals surface area (Å²) in [5, 5.41) is 0. The molecule has 0 fully saturated rings. The molecule has 1 rings (SSSR count). The first-order chi connectivity index (χ1) is 7.41. The molecule has 1 aromatic rings. The van der Waals surface area contributed by atoms with Crippen LogP contribution in [0.15, 0.2) is 12.1 Å². The van der Waals surface area contributed by atoms with Crippen molar-refractivity contribution in [3.8, 4) is 0 Å². The Kier molecular flexibility index (Phi) is 3.71. The highest BCUT2D eigenvalue weighted by molar-refractivity contribution is 5.80. The van der Waals surface area contributed by atoms with Crippen LogP contribution < -0.4 is 10.6 Å². The van der Waals surface area contributed by atoms with Crippen molar-refractivity contribution in [2.75, 3.05) is 38.3 Å². The van der Waals surface area contributed by atoms with Crippen molar-refractivity contribution in [3.05, 3.63) is 17.8 Å². The Morgan fingerprint density at radius 1 is 1.38 bits per heavy atom. The monoisotopic (exact) mass is 222 g/mol. The molecule has 0 saturated carbocycles. The van der Waals surface area contributed by atoms with Gasteiger partial charge >= 0.3 is 0 Å². The van der Waals surface area contributed by atoms with E-state index in [2.05, 4.69) is 4.98 Å². The lowest BCUT2D eigenvalue weighted by Gasteiger charge is -2.20. The van der Waals surface area contributed by atoms with E-state index in [1.165, 1.54) is 0 Å². The summed E-state index contributed by atoms with van der Waals surface area (Å²) in [4.78, 5) is 19.2. The second kappa shape index (κ2) is 4.83. The number of pyridine rings is 1. The Morgan fingerprint density at radius 3 is 2.50 bits per heavy atom. The minimum absolute atomic E-state index is 0.0405. The number of likely N-dealkylation sites (N-methyl/N-ethyl adjacent to an activating group) is 2. The van der Waals surface area contributed by atoms with Crippen molar-refractivity contribution >= 4 is 17.4 Å². The zero-order valence-corrected chi connectivity index (χ0v) is 10.2. The zero-order valence-electron chi connectivity index (χ0n) is 10.2. The van der Waals surface area contributed by atoms with Crippen LogP contribution in [0.1, 0.15) is 5.69 Å². The third kappa shape index (κ3) is 2.85. The predicted molar refractivity (Wildman–Crippen MR) is 65.4 cm³/mol. The second-order valence-electron chi connectivity index (χ2n) is 3.99. The standard InChI is InChI=1S/C11H18N4O/c1-8-9(12)5-6-10(13-8)15(4)7-11(16)14(2)3/h5-6H,7,12H2,1-4H3. The van der Waals surface area contributed by atoms with Gasteiger partial charge in [0.25, 0.3) is 0 Å². The van der Waals surface area contributed by atoms with Gasteiger partial charge in [0.2, 0.25) is 5.91 Å². The lowest BCUT2D eigenvalue weighted by Crippen LogP contribution is -2.34. The van der Waals surface area contributed by atoms with Gasteiger partial charge in [-0.25, -0.2) is 4.98 Å². The van der Waals surface area contributed by atoms with E-state index in [9.17, 15) is 4.79 Å². The number of nitrogens with zero attached hydrogens (tertiary/aromatic N) is 3. The van der Waals surface area contributed by atoms with Crippen molar-refractivity contribution in [2.45, 2.75) is 6.92 Å². The van der Waals surface area contributed by atoms with Crippen molar-refractivity contribution in [1.82, 2.24) is 9.88 Å². The molecule has 0 bridgehead atoms.